The van der Waals surface area contributed by atoms with Crippen molar-refractivity contribution in [3.63, 3.8) is 0 Å². The van der Waals surface area contributed by atoms with Gasteiger partial charge in [0.2, 0.25) is 0 Å². The molecule has 0 spiro atoms. The number of hydrogen-bond donors (Lipinski definition) is 0. The molecular weight excluding hydrogens is 235 g/mol. The van der Waals surface area contributed by atoms with E-state index in [4.69, 9.17) is 0 Å². The Labute approximate surface area is 94.1 Å². The maximum Gasteiger partial charge on any atom is 0.261 e. The van der Waals surface area contributed by atoms with E-state index >= 15 is 0 Å². The van der Waals surface area contributed by atoms with Gasteiger partial charge in [-0.15, -0.1) is 0 Å². The molecule has 6 heteroatoms. The molecule has 0 saturated carbocycles. The highest BCUT2D eigenvalue weighted by atomic mass is 19.1. The summed E-state index contributed by atoms with van der Waals surface area (Å²) in [4.78, 5) is 23.2. The van der Waals surface area contributed by atoms with Gasteiger partial charge < -0.3 is 0 Å². The van der Waals surface area contributed by atoms with E-state index in [0.29, 0.717) is 17.0 Å². The molecule has 3 nitrogen and oxygen atoms in total. The van der Waals surface area contributed by atoms with Gasteiger partial charge in [0.15, 0.2) is 11.6 Å². The molecule has 0 aromatic heterocycles. The standard InChI is InChI=1S/C11H6F3NO2/c1-5-2-9(16)15(11(5)17)10-7(13)3-6(12)4-8(10)14/h2-4H,1H3. The second-order valence-corrected chi connectivity index (χ2v) is 3.52. The summed E-state index contributed by atoms with van der Waals surface area (Å²) in [6.07, 6.45) is 0.963. The topological polar surface area (TPSA) is 37.4 Å². The van der Waals surface area contributed by atoms with Gasteiger partial charge in [-0.3, -0.25) is 9.59 Å². The minimum atomic E-state index is -1.30. The Morgan fingerprint density at radius 3 is 2.00 bits per heavy atom. The first-order chi connectivity index (χ1) is 7.91. The first-order valence-corrected chi connectivity index (χ1v) is 4.63. The lowest BCUT2D eigenvalue weighted by atomic mass is 10.2. The molecule has 1 aliphatic rings. The van der Waals surface area contributed by atoms with Gasteiger partial charge in [0, 0.05) is 23.8 Å². The second kappa shape index (κ2) is 3.73. The largest absolute Gasteiger partial charge is 0.269 e. The third-order valence-electron chi connectivity index (χ3n) is 2.31. The molecule has 1 aliphatic heterocycles. The molecule has 1 heterocycles. The molecule has 0 radical (unpaired) electrons. The zero-order chi connectivity index (χ0) is 12.7. The Balaban J connectivity index is 2.57. The van der Waals surface area contributed by atoms with Crippen LogP contribution in [-0.4, -0.2) is 11.8 Å². The average molecular weight is 241 g/mol. The monoisotopic (exact) mass is 241 g/mol. The first kappa shape index (κ1) is 11.4. The molecule has 0 atom stereocenters. The number of benzene rings is 1. The van der Waals surface area contributed by atoms with Crippen LogP contribution in [0.3, 0.4) is 0 Å². The van der Waals surface area contributed by atoms with Crippen molar-refractivity contribution in [2.75, 3.05) is 4.90 Å². The number of anilines is 1. The van der Waals surface area contributed by atoms with E-state index in [0.717, 1.165) is 6.08 Å². The van der Waals surface area contributed by atoms with E-state index < -0.39 is 35.0 Å². The average Bonchev–Trinajstić information content (AvgIpc) is 2.43. The lowest BCUT2D eigenvalue weighted by Gasteiger charge is -2.15. The van der Waals surface area contributed by atoms with Crippen LogP contribution in [0.4, 0.5) is 18.9 Å². The summed E-state index contributed by atoms with van der Waals surface area (Å²) in [6.45, 7) is 1.35. The van der Waals surface area contributed by atoms with Gasteiger partial charge in [-0.2, -0.15) is 0 Å². The quantitative estimate of drug-likeness (QED) is 0.704. The Hall–Kier alpha value is -2.11. The van der Waals surface area contributed by atoms with Crippen molar-refractivity contribution in [1.82, 2.24) is 0 Å². The highest BCUT2D eigenvalue weighted by Gasteiger charge is 2.34. The number of halogens is 3. The van der Waals surface area contributed by atoms with Crippen molar-refractivity contribution >= 4 is 17.5 Å². The van der Waals surface area contributed by atoms with Crippen molar-refractivity contribution < 1.29 is 22.8 Å². The Morgan fingerprint density at radius 2 is 1.59 bits per heavy atom. The smallest absolute Gasteiger partial charge is 0.261 e. The summed E-state index contributed by atoms with van der Waals surface area (Å²) in [7, 11) is 0. The zero-order valence-electron chi connectivity index (χ0n) is 8.63. The van der Waals surface area contributed by atoms with Crippen LogP contribution in [0.25, 0.3) is 0 Å². The molecule has 0 bridgehead atoms. The molecule has 1 aromatic rings. The van der Waals surface area contributed by atoms with Crippen LogP contribution in [-0.2, 0) is 9.59 Å². The SMILES string of the molecule is CC1=CC(=O)N(c2c(F)cc(F)cc2F)C1=O. The molecule has 0 saturated heterocycles. The van der Waals surface area contributed by atoms with E-state index in [1.165, 1.54) is 6.92 Å². The number of imide groups is 1. The first-order valence-electron chi connectivity index (χ1n) is 4.63. The summed E-state index contributed by atoms with van der Waals surface area (Å²) in [5.74, 6) is -5.39. The van der Waals surface area contributed by atoms with Crippen LogP contribution >= 0.6 is 0 Å². The summed E-state index contributed by atoms with van der Waals surface area (Å²) >= 11 is 0. The predicted octanol–water partition coefficient (Wildman–Crippen LogP) is 1.92. The summed E-state index contributed by atoms with van der Waals surface area (Å²) in [6, 6.07) is 0.819. The van der Waals surface area contributed by atoms with E-state index in [9.17, 15) is 22.8 Å². The maximum absolute atomic E-state index is 13.4. The molecule has 88 valence electrons. The number of carbonyl (C=O) groups excluding carboxylic acids is 2. The summed E-state index contributed by atoms with van der Waals surface area (Å²) in [5, 5.41) is 0. The van der Waals surface area contributed by atoms with E-state index in [1.54, 1.807) is 0 Å². The zero-order valence-corrected chi connectivity index (χ0v) is 8.63. The van der Waals surface area contributed by atoms with Gasteiger partial charge in [-0.05, 0) is 6.92 Å². The van der Waals surface area contributed by atoms with Gasteiger partial charge in [-0.25, -0.2) is 18.1 Å². The van der Waals surface area contributed by atoms with Crippen LogP contribution < -0.4 is 4.90 Å². The minimum Gasteiger partial charge on any atom is -0.269 e. The minimum absolute atomic E-state index is 0.0677. The predicted molar refractivity (Wildman–Crippen MR) is 52.6 cm³/mol. The molecule has 0 fully saturated rings. The van der Waals surface area contributed by atoms with Crippen LogP contribution in [0.15, 0.2) is 23.8 Å². The van der Waals surface area contributed by atoms with Crippen LogP contribution in [0.2, 0.25) is 0 Å². The Morgan fingerprint density at radius 1 is 1.06 bits per heavy atom. The molecule has 0 N–H and O–H groups in total. The molecule has 2 rings (SSSR count). The molecule has 2 amide bonds. The molecule has 0 aliphatic carbocycles. The fourth-order valence-electron chi connectivity index (χ4n) is 1.55. The van der Waals surface area contributed by atoms with E-state index in [2.05, 4.69) is 0 Å². The maximum atomic E-state index is 13.4. The van der Waals surface area contributed by atoms with Gasteiger partial charge in [0.1, 0.15) is 11.5 Å². The number of carbonyl (C=O) groups is 2. The Bertz CT molecular complexity index is 543. The van der Waals surface area contributed by atoms with Crippen LogP contribution in [0, 0.1) is 17.5 Å². The third kappa shape index (κ3) is 1.71. The lowest BCUT2D eigenvalue weighted by molar-refractivity contribution is -0.120. The summed E-state index contributed by atoms with van der Waals surface area (Å²) < 4.78 is 39.5. The fraction of sp³-hybridized carbons (Fsp3) is 0.0909. The lowest BCUT2D eigenvalue weighted by Crippen LogP contribution is -2.32. The Kier molecular flexibility index (Phi) is 2.49. The van der Waals surface area contributed by atoms with Gasteiger partial charge in [-0.1, -0.05) is 0 Å². The van der Waals surface area contributed by atoms with Crippen molar-refractivity contribution in [3.05, 3.63) is 41.2 Å². The normalized spacial score (nSPS) is 15.5. The van der Waals surface area contributed by atoms with Crippen molar-refractivity contribution in [2.24, 2.45) is 0 Å². The second-order valence-electron chi connectivity index (χ2n) is 3.52. The van der Waals surface area contributed by atoms with Crippen molar-refractivity contribution in [3.8, 4) is 0 Å². The third-order valence-corrected chi connectivity index (χ3v) is 2.31. The van der Waals surface area contributed by atoms with Crippen LogP contribution in [0.5, 0.6) is 0 Å². The number of amides is 2. The highest BCUT2D eigenvalue weighted by Crippen LogP contribution is 2.28. The van der Waals surface area contributed by atoms with E-state index in [1.807, 2.05) is 0 Å². The highest BCUT2D eigenvalue weighted by molar-refractivity contribution is 6.30. The van der Waals surface area contributed by atoms with Crippen molar-refractivity contribution in [1.29, 1.82) is 0 Å². The van der Waals surface area contributed by atoms with Crippen LogP contribution in [0.1, 0.15) is 6.92 Å². The molecule has 17 heavy (non-hydrogen) atoms. The van der Waals surface area contributed by atoms with Gasteiger partial charge >= 0.3 is 0 Å². The fourth-order valence-corrected chi connectivity index (χ4v) is 1.55. The number of nitrogens with zero attached hydrogens (tertiary/aromatic N) is 1. The number of rotatable bonds is 1. The molecule has 0 unspecified atom stereocenters. The van der Waals surface area contributed by atoms with Gasteiger partial charge in [0.05, 0.1) is 0 Å². The van der Waals surface area contributed by atoms with Crippen molar-refractivity contribution in [2.45, 2.75) is 6.92 Å². The summed E-state index contributed by atoms with van der Waals surface area (Å²) in [5.41, 5.74) is -0.785. The number of hydrogen-bond acceptors (Lipinski definition) is 2. The van der Waals surface area contributed by atoms with Gasteiger partial charge in [0.25, 0.3) is 11.8 Å². The molecular formula is C11H6F3NO2. The molecule has 1 aromatic carbocycles. The van der Waals surface area contributed by atoms with E-state index in [-0.39, 0.29) is 5.57 Å².